The van der Waals surface area contributed by atoms with Crippen molar-refractivity contribution in [3.05, 3.63) is 401 Å². The summed E-state index contributed by atoms with van der Waals surface area (Å²) in [5.41, 5.74) is 32.2. The summed E-state index contributed by atoms with van der Waals surface area (Å²) in [7, 11) is -0.443. The summed E-state index contributed by atoms with van der Waals surface area (Å²) in [4.78, 5) is 0. The van der Waals surface area contributed by atoms with E-state index < -0.39 is 0 Å². The molecule has 0 radical (unpaired) electrons. The molecule has 3 N–H and O–H groups in total. The highest BCUT2D eigenvalue weighted by Crippen LogP contribution is 2.47. The molecule has 19 rings (SSSR count). The lowest BCUT2D eigenvalue weighted by Crippen LogP contribution is -2.41. The fourth-order valence-corrected chi connectivity index (χ4v) is 19.0. The molecule has 17 aromatic carbocycles. The predicted molar refractivity (Wildman–Crippen MR) is 649 cm³/mol. The van der Waals surface area contributed by atoms with Crippen LogP contribution >= 0.6 is 15.9 Å². The molecule has 2 fully saturated rings. The molecule has 10 heteroatoms. The van der Waals surface area contributed by atoms with Gasteiger partial charge in [-0.05, 0) is 418 Å². The van der Waals surface area contributed by atoms with Gasteiger partial charge in [0.1, 0.15) is 0 Å². The van der Waals surface area contributed by atoms with E-state index in [1.165, 1.54) is 182 Å². The van der Waals surface area contributed by atoms with Crippen LogP contribution in [-0.4, -0.2) is 36.6 Å². The van der Waals surface area contributed by atoms with Crippen molar-refractivity contribution in [2.24, 2.45) is 0 Å². The Bertz CT molecular complexity index is 7410. The highest BCUT2D eigenvalue weighted by molar-refractivity contribution is 9.10. The molecule has 17 aromatic rings. The van der Waals surface area contributed by atoms with Gasteiger partial charge in [-0.3, -0.25) is 0 Å². The number of anilines is 6. The third kappa shape index (κ3) is 26.7. The van der Waals surface area contributed by atoms with Gasteiger partial charge in [-0.25, -0.2) is 0 Å². The maximum Gasteiger partial charge on any atom is 0.495 e. The monoisotopic (exact) mass is 1980 g/mol. The van der Waals surface area contributed by atoms with Crippen LogP contribution in [0.1, 0.15) is 207 Å². The van der Waals surface area contributed by atoms with Crippen LogP contribution in [0.2, 0.25) is 6.82 Å². The molecular weight excluding hydrogens is 1830 g/mol. The molecule has 0 atom stereocenters. The molecule has 0 saturated carbocycles. The third-order valence-electron chi connectivity index (χ3n) is 28.1. The van der Waals surface area contributed by atoms with Crippen LogP contribution in [0, 0.1) is 61.2 Å². The second kappa shape index (κ2) is 49.4. The van der Waals surface area contributed by atoms with Crippen molar-refractivity contribution in [3.63, 3.8) is 0 Å². The largest absolute Gasteiger partial charge is 0.495 e. The van der Waals surface area contributed by atoms with Gasteiger partial charge in [0.25, 0.3) is 0 Å². The van der Waals surface area contributed by atoms with Gasteiger partial charge in [0.2, 0.25) is 0 Å². The molecule has 0 aliphatic carbocycles. The predicted octanol–water partition coefficient (Wildman–Crippen LogP) is 38.6. The Balaban J connectivity index is 0.000000354. The normalized spacial score (nSPS) is 13.2. The van der Waals surface area contributed by atoms with E-state index in [1.54, 1.807) is 13.8 Å². The van der Waals surface area contributed by atoms with Crippen molar-refractivity contribution in [1.82, 2.24) is 0 Å². The van der Waals surface area contributed by atoms with Crippen molar-refractivity contribution >= 4 is 113 Å². The Morgan fingerprint density at radius 3 is 0.931 bits per heavy atom. The van der Waals surface area contributed by atoms with E-state index in [0.29, 0.717) is 0 Å². The number of hydrogen-bond donors (Lipinski definition) is 3. The molecular formula is C135H156B2BrN3O4. The lowest BCUT2D eigenvalue weighted by molar-refractivity contribution is 0.00578. The molecule has 0 amide bonds. The molecule has 7 nitrogen and oxygen atoms in total. The van der Waals surface area contributed by atoms with Crippen molar-refractivity contribution < 1.29 is 32.9 Å². The Kier molecular flexibility index (Phi) is 35.9. The number of hydrogen-bond acceptors (Lipinski definition) is 7. The maximum absolute atomic E-state index is 6.59. The van der Waals surface area contributed by atoms with Gasteiger partial charge in [0, 0.05) is 64.0 Å². The first kappa shape index (κ1) is 105. The van der Waals surface area contributed by atoms with Gasteiger partial charge in [0.15, 0.2) is 0 Å². The Morgan fingerprint density at radius 2 is 0.572 bits per heavy atom. The topological polar surface area (TPSA) is 73.0 Å². The fraction of sp³-hybridized carbons (Fsp3) is 0.244. The van der Waals surface area contributed by atoms with Crippen LogP contribution < -0.4 is 21.4 Å². The van der Waals surface area contributed by atoms with E-state index in [4.69, 9.17) is 18.6 Å². The summed E-state index contributed by atoms with van der Waals surface area (Å²) >= 11 is 3.45. The second-order valence-corrected chi connectivity index (χ2v) is 40.8. The smallest absolute Gasteiger partial charge is 0.403 e. The number of fused-ring (bicyclic) bond motifs is 4. The summed E-state index contributed by atoms with van der Waals surface area (Å²) in [6.45, 7) is 35.6. The summed E-state index contributed by atoms with van der Waals surface area (Å²) < 4.78 is 25.3. The third-order valence-corrected chi connectivity index (χ3v) is 28.6. The average molecular weight is 1990 g/mol. The van der Waals surface area contributed by atoms with E-state index in [9.17, 15) is 0 Å². The van der Waals surface area contributed by atoms with E-state index in [1.807, 2.05) is 55.4 Å². The number of benzene rings is 17. The fourth-order valence-electron chi connectivity index (χ4n) is 18.7. The van der Waals surface area contributed by atoms with Gasteiger partial charge in [-0.15, -0.1) is 0 Å². The molecule has 748 valence electrons. The van der Waals surface area contributed by atoms with Crippen LogP contribution in [0.5, 0.6) is 0 Å². The summed E-state index contributed by atoms with van der Waals surface area (Å²) in [6, 6.07) is 126. The molecule has 0 bridgehead atoms. The van der Waals surface area contributed by atoms with Gasteiger partial charge in [-0.2, -0.15) is 0 Å². The number of halogens is 1. The lowest BCUT2D eigenvalue weighted by atomic mass is 9.72. The number of unbranched alkanes of at least 4 members (excludes halogenated alkanes) is 4. The van der Waals surface area contributed by atoms with Crippen LogP contribution in [0.15, 0.2) is 356 Å². The molecule has 2 aliphatic rings. The van der Waals surface area contributed by atoms with E-state index in [-0.39, 0.29) is 50.9 Å². The van der Waals surface area contributed by atoms with E-state index in [2.05, 4.69) is 479 Å². The minimum Gasteiger partial charge on any atom is -0.403 e. The van der Waals surface area contributed by atoms with Gasteiger partial charge < -0.3 is 34.6 Å². The van der Waals surface area contributed by atoms with Crippen LogP contribution in [0.4, 0.5) is 34.1 Å². The highest BCUT2D eigenvalue weighted by atomic mass is 79.9. The standard InChI is InChI=1S/C47H45N.C34H41BO2.C24H19N.C23H16BrN.C7H15BO2.10H2/c1-4-6-12-38-23-22-36-14-8-9-15-42(36)46(38)47-39(13-7-5-2)32-45(43-16-10-11-17-44(43)47)37-26-30-41(31-27-37)48-40-28-24-35(25-29-40)34-20-18-33(3)19-21-34;1-7-9-15-25-22-21-24-17-11-12-18-27(24)31(25)32-26(16-10-8-2)23-30(28-19-13-14-20-29(28)32)35-36-33(3,4)34(5,6)37-35;1-3-4-5-6-20-9-11-21(12-10-20)22-13-17-24(18-14-22)25-23-15-7-19(2)8-16-23;1-2-3-4-5-18-6-8-19(9-7-18)20-10-14-22(15-11-20)25-23-16-12-21(24)13-17-23;1-6(2)7(3,4)10-8(5)9-6;;;;;;;;;;/h8-11,14-32,48H,4-7,12-13H2,1-3H3;11-14,17-23H,7-10,15-16H2,1-6H3;7-18,25H,1-2H3;6-17,25H,1H3;1-5H3;10*1H. The molecule has 145 heavy (non-hydrogen) atoms. The van der Waals surface area contributed by atoms with E-state index >= 15 is 0 Å². The molecule has 2 heterocycles. The summed E-state index contributed by atoms with van der Waals surface area (Å²) in [6.07, 6.45) is 13.7. The Labute approximate surface area is 887 Å². The van der Waals surface area contributed by atoms with E-state index in [0.717, 1.165) is 93.7 Å². The SMILES string of the molecule is CB1OC(C)(C)C(C)(C)O1.CC#CC#Cc1ccc(-c2ccc(Nc3ccc(Br)cc3)cc2)cc1.CC#CC#Cc1ccc(-c2ccc(Nc3ccc(C)cc3)cc2)cc1.CCCCc1ccc2ccccc2c1-c1c(CCCC)cc(-c2ccc(Nc3ccc(-c4ccc(C)cc4)cc3)cc2)c2ccccc12.CCCCc1ccc2ccccc2c1-c1c(CCCC)cc(B2OC(C)(C)C(C)(C)O2)c2ccccc12.[HH].[HH].[HH].[HH].[HH].[HH].[HH].[HH].[HH].[HH]. The number of nitrogens with one attached hydrogen (secondary N) is 3. The zero-order valence-corrected chi connectivity index (χ0v) is 89.2. The average Bonchev–Trinajstić information content (AvgIpc) is 1.16. The zero-order chi connectivity index (χ0) is 102. The van der Waals surface area contributed by atoms with Crippen molar-refractivity contribution in [2.75, 3.05) is 16.0 Å². The van der Waals surface area contributed by atoms with Gasteiger partial charge >= 0.3 is 14.2 Å². The summed E-state index contributed by atoms with van der Waals surface area (Å²) in [5.74, 6) is 22.8. The van der Waals surface area contributed by atoms with Crippen LogP contribution in [0.3, 0.4) is 0 Å². The zero-order valence-electron chi connectivity index (χ0n) is 87.6. The van der Waals surface area contributed by atoms with Crippen molar-refractivity contribution in [3.8, 4) is 114 Å². The molecule has 2 saturated heterocycles. The lowest BCUT2D eigenvalue weighted by Gasteiger charge is -2.32. The number of rotatable bonds is 25. The highest BCUT2D eigenvalue weighted by Gasteiger charge is 2.53. The van der Waals surface area contributed by atoms with Crippen LogP contribution in [-0.2, 0) is 44.3 Å². The Morgan fingerprint density at radius 1 is 0.290 bits per heavy atom. The Hall–Kier alpha value is -14.1. The first-order chi connectivity index (χ1) is 70.2. The molecule has 0 aromatic heterocycles. The number of aryl methyl sites for hydroxylation is 6. The first-order valence-corrected chi connectivity index (χ1v) is 52.5. The molecule has 0 spiro atoms. The quantitative estimate of drug-likeness (QED) is 0.0389. The summed E-state index contributed by atoms with van der Waals surface area (Å²) in [5, 5.41) is 21.0. The first-order valence-electron chi connectivity index (χ1n) is 51.7. The second-order valence-electron chi connectivity index (χ2n) is 39.8. The van der Waals surface area contributed by atoms with Crippen LogP contribution in [0.25, 0.3) is 110 Å². The molecule has 2 aliphatic heterocycles. The van der Waals surface area contributed by atoms with Gasteiger partial charge in [0.05, 0.1) is 22.4 Å². The minimum absolute atomic E-state index is 0. The van der Waals surface area contributed by atoms with Crippen molar-refractivity contribution in [2.45, 2.75) is 217 Å². The maximum atomic E-state index is 6.59. The van der Waals surface area contributed by atoms with Gasteiger partial charge in [-0.1, -0.05) is 341 Å². The molecule has 0 unspecified atom stereocenters. The van der Waals surface area contributed by atoms with Crippen molar-refractivity contribution in [1.29, 1.82) is 0 Å². The minimum atomic E-state index is -0.378.